The van der Waals surface area contributed by atoms with Crippen LogP contribution in [0.25, 0.3) is 0 Å². The molecule has 164 valence electrons. The number of nitrogens with one attached hydrogen (secondary N) is 2. The van der Waals surface area contributed by atoms with Crippen LogP contribution in [0, 0.1) is 6.92 Å². The molecule has 0 spiro atoms. The SMILES string of the molecule is COc1cc(/C=N\NC(=O)CNc2ccccc2C)ccc1OC(=O)c1ccccc1Br. The van der Waals surface area contributed by atoms with E-state index in [4.69, 9.17) is 9.47 Å². The molecule has 8 heteroatoms. The topological polar surface area (TPSA) is 89.0 Å². The number of methoxy groups -OCH3 is 1. The Morgan fingerprint density at radius 3 is 2.53 bits per heavy atom. The average molecular weight is 496 g/mol. The molecular formula is C24H22BrN3O4. The Hall–Kier alpha value is -3.65. The third-order valence-electron chi connectivity index (χ3n) is 4.47. The van der Waals surface area contributed by atoms with Crippen LogP contribution in [0.15, 0.2) is 76.3 Å². The van der Waals surface area contributed by atoms with E-state index in [2.05, 4.69) is 31.8 Å². The summed E-state index contributed by atoms with van der Waals surface area (Å²) < 4.78 is 11.4. The number of hydrogen-bond donors (Lipinski definition) is 2. The summed E-state index contributed by atoms with van der Waals surface area (Å²) in [7, 11) is 1.48. The zero-order valence-corrected chi connectivity index (χ0v) is 19.2. The minimum absolute atomic E-state index is 0.0927. The van der Waals surface area contributed by atoms with Crippen molar-refractivity contribution in [3.8, 4) is 11.5 Å². The standard InChI is InChI=1S/C24H22BrN3O4/c1-16-7-3-6-10-20(16)26-15-23(29)28-27-14-17-11-12-21(22(13-17)31-2)32-24(30)18-8-4-5-9-19(18)25/h3-14,26H,15H2,1-2H3,(H,28,29)/b27-14-. The van der Waals surface area contributed by atoms with Gasteiger partial charge in [0, 0.05) is 10.2 Å². The summed E-state index contributed by atoms with van der Waals surface area (Å²) in [4.78, 5) is 24.4. The van der Waals surface area contributed by atoms with E-state index in [0.717, 1.165) is 11.3 Å². The Bertz CT molecular complexity index is 1150. The van der Waals surface area contributed by atoms with Gasteiger partial charge in [0.1, 0.15) is 0 Å². The van der Waals surface area contributed by atoms with E-state index >= 15 is 0 Å². The summed E-state index contributed by atoms with van der Waals surface area (Å²) in [6, 6.07) is 19.7. The summed E-state index contributed by atoms with van der Waals surface area (Å²) in [6.45, 7) is 2.06. The lowest BCUT2D eigenvalue weighted by Crippen LogP contribution is -2.26. The van der Waals surface area contributed by atoms with Crippen LogP contribution in [0.5, 0.6) is 11.5 Å². The first-order valence-electron chi connectivity index (χ1n) is 9.74. The van der Waals surface area contributed by atoms with E-state index < -0.39 is 5.97 Å². The lowest BCUT2D eigenvalue weighted by molar-refractivity contribution is -0.119. The second kappa shape index (κ2) is 11.1. The van der Waals surface area contributed by atoms with E-state index in [1.807, 2.05) is 37.3 Å². The van der Waals surface area contributed by atoms with E-state index in [0.29, 0.717) is 21.3 Å². The minimum atomic E-state index is -0.509. The average Bonchev–Trinajstić information content (AvgIpc) is 2.79. The Morgan fingerprint density at radius 1 is 1.03 bits per heavy atom. The van der Waals surface area contributed by atoms with Gasteiger partial charge in [-0.2, -0.15) is 5.10 Å². The number of ether oxygens (including phenoxy) is 2. The predicted octanol–water partition coefficient (Wildman–Crippen LogP) is 4.55. The number of benzene rings is 3. The number of para-hydroxylation sites is 1. The van der Waals surface area contributed by atoms with Gasteiger partial charge in [-0.25, -0.2) is 10.2 Å². The highest BCUT2D eigenvalue weighted by Crippen LogP contribution is 2.29. The Labute approximate surface area is 194 Å². The van der Waals surface area contributed by atoms with Crippen molar-refractivity contribution >= 4 is 39.7 Å². The van der Waals surface area contributed by atoms with Crippen molar-refractivity contribution in [2.24, 2.45) is 5.10 Å². The molecular weight excluding hydrogens is 474 g/mol. The number of carbonyl (C=O) groups is 2. The summed E-state index contributed by atoms with van der Waals surface area (Å²) in [5.41, 5.74) is 5.48. The zero-order chi connectivity index (χ0) is 22.9. The molecule has 0 bridgehead atoms. The molecule has 0 unspecified atom stereocenters. The van der Waals surface area contributed by atoms with Gasteiger partial charge in [0.05, 0.1) is 25.4 Å². The van der Waals surface area contributed by atoms with Crippen LogP contribution in [-0.4, -0.2) is 31.7 Å². The molecule has 0 heterocycles. The van der Waals surface area contributed by atoms with Gasteiger partial charge in [-0.3, -0.25) is 4.79 Å². The molecule has 3 aromatic carbocycles. The molecule has 0 radical (unpaired) electrons. The first kappa shape index (κ1) is 23.0. The lowest BCUT2D eigenvalue weighted by Gasteiger charge is -2.10. The number of hydrazone groups is 1. The van der Waals surface area contributed by atoms with Gasteiger partial charge in [0.15, 0.2) is 11.5 Å². The van der Waals surface area contributed by atoms with Crippen LogP contribution in [0.4, 0.5) is 5.69 Å². The van der Waals surface area contributed by atoms with Crippen LogP contribution in [-0.2, 0) is 4.79 Å². The number of amides is 1. The van der Waals surface area contributed by atoms with Crippen molar-refractivity contribution in [3.05, 3.63) is 87.9 Å². The molecule has 0 fully saturated rings. The quantitative estimate of drug-likeness (QED) is 0.207. The van der Waals surface area contributed by atoms with Crippen LogP contribution in [0.2, 0.25) is 0 Å². The third-order valence-corrected chi connectivity index (χ3v) is 5.16. The molecule has 0 saturated heterocycles. The van der Waals surface area contributed by atoms with Crippen LogP contribution >= 0.6 is 15.9 Å². The number of rotatable bonds is 8. The molecule has 0 aliphatic carbocycles. The third kappa shape index (κ3) is 6.18. The molecule has 3 aromatic rings. The van der Waals surface area contributed by atoms with Gasteiger partial charge in [0.25, 0.3) is 5.91 Å². The van der Waals surface area contributed by atoms with Gasteiger partial charge in [-0.1, -0.05) is 30.3 Å². The fourth-order valence-corrected chi connectivity index (χ4v) is 3.24. The van der Waals surface area contributed by atoms with Crippen LogP contribution in [0.3, 0.4) is 0 Å². The van der Waals surface area contributed by atoms with Crippen molar-refractivity contribution in [1.82, 2.24) is 5.43 Å². The maximum absolute atomic E-state index is 12.4. The fraction of sp³-hybridized carbons (Fsp3) is 0.125. The summed E-state index contributed by atoms with van der Waals surface area (Å²) >= 11 is 3.34. The van der Waals surface area contributed by atoms with Gasteiger partial charge < -0.3 is 14.8 Å². The Kier molecular flexibility index (Phi) is 7.99. The number of anilines is 1. The predicted molar refractivity (Wildman–Crippen MR) is 127 cm³/mol. The first-order chi connectivity index (χ1) is 15.5. The van der Waals surface area contributed by atoms with Gasteiger partial charge in [0.2, 0.25) is 0 Å². The molecule has 0 aromatic heterocycles. The van der Waals surface area contributed by atoms with Crippen molar-refractivity contribution in [1.29, 1.82) is 0 Å². The Morgan fingerprint density at radius 2 is 1.78 bits per heavy atom. The van der Waals surface area contributed by atoms with Crippen LogP contribution in [0.1, 0.15) is 21.5 Å². The number of carbonyl (C=O) groups excluding carboxylic acids is 2. The number of halogens is 1. The molecule has 0 saturated carbocycles. The highest BCUT2D eigenvalue weighted by atomic mass is 79.9. The number of hydrogen-bond acceptors (Lipinski definition) is 6. The van der Waals surface area contributed by atoms with Crippen molar-refractivity contribution < 1.29 is 19.1 Å². The second-order valence-corrected chi connectivity index (χ2v) is 7.60. The molecule has 0 aliphatic rings. The van der Waals surface area contributed by atoms with Gasteiger partial charge in [-0.15, -0.1) is 0 Å². The molecule has 0 atom stereocenters. The number of aryl methyl sites for hydroxylation is 1. The lowest BCUT2D eigenvalue weighted by atomic mass is 10.2. The monoisotopic (exact) mass is 495 g/mol. The van der Waals surface area contributed by atoms with E-state index in [1.54, 1.807) is 36.4 Å². The highest BCUT2D eigenvalue weighted by molar-refractivity contribution is 9.10. The van der Waals surface area contributed by atoms with Crippen molar-refractivity contribution in [2.45, 2.75) is 6.92 Å². The molecule has 1 amide bonds. The van der Waals surface area contributed by atoms with Crippen molar-refractivity contribution in [2.75, 3.05) is 19.0 Å². The normalized spacial score (nSPS) is 10.6. The zero-order valence-electron chi connectivity index (χ0n) is 17.6. The van der Waals surface area contributed by atoms with E-state index in [9.17, 15) is 9.59 Å². The molecule has 3 rings (SSSR count). The van der Waals surface area contributed by atoms with Crippen LogP contribution < -0.4 is 20.2 Å². The molecule has 32 heavy (non-hydrogen) atoms. The minimum Gasteiger partial charge on any atom is -0.493 e. The number of esters is 1. The van der Waals surface area contributed by atoms with Gasteiger partial charge >= 0.3 is 5.97 Å². The van der Waals surface area contributed by atoms with Crippen molar-refractivity contribution in [3.63, 3.8) is 0 Å². The smallest absolute Gasteiger partial charge is 0.344 e. The van der Waals surface area contributed by atoms with Gasteiger partial charge in [-0.05, 0) is 70.4 Å². The van der Waals surface area contributed by atoms with E-state index in [-0.39, 0.29) is 18.2 Å². The summed E-state index contributed by atoms with van der Waals surface area (Å²) in [5.74, 6) is -0.153. The molecule has 2 N–H and O–H groups in total. The Balaban J connectivity index is 1.58. The maximum Gasteiger partial charge on any atom is 0.344 e. The molecule has 0 aliphatic heterocycles. The summed E-state index contributed by atoms with van der Waals surface area (Å²) in [5, 5.41) is 7.03. The number of nitrogens with zero attached hydrogens (tertiary/aromatic N) is 1. The summed E-state index contributed by atoms with van der Waals surface area (Å²) in [6.07, 6.45) is 1.48. The highest BCUT2D eigenvalue weighted by Gasteiger charge is 2.15. The fourth-order valence-electron chi connectivity index (χ4n) is 2.80. The maximum atomic E-state index is 12.4. The largest absolute Gasteiger partial charge is 0.493 e. The first-order valence-corrected chi connectivity index (χ1v) is 10.5. The van der Waals surface area contributed by atoms with E-state index in [1.165, 1.54) is 13.3 Å². The molecule has 7 nitrogen and oxygen atoms in total. The second-order valence-electron chi connectivity index (χ2n) is 6.74.